The van der Waals surface area contributed by atoms with Crippen molar-refractivity contribution in [2.75, 3.05) is 13.6 Å². The van der Waals surface area contributed by atoms with E-state index in [4.69, 9.17) is 0 Å². The molecule has 0 radical (unpaired) electrons. The molecule has 132 valence electrons. The highest BCUT2D eigenvalue weighted by atomic mass is 16.2. The number of amides is 1. The lowest BCUT2D eigenvalue weighted by molar-refractivity contribution is -0.123. The molecule has 1 aromatic heterocycles. The minimum atomic E-state index is -0.101. The number of nitrogens with zero attached hydrogens (tertiary/aromatic N) is 2. The van der Waals surface area contributed by atoms with E-state index in [1.54, 1.807) is 12.4 Å². The number of aromatic nitrogens is 1. The molecule has 0 spiro atoms. The number of benzene rings is 1. The lowest BCUT2D eigenvalue weighted by Crippen LogP contribution is -2.49. The van der Waals surface area contributed by atoms with Gasteiger partial charge in [0.1, 0.15) is 0 Å². The number of carbonyl (C=O) groups is 1. The molecule has 3 unspecified atom stereocenters. The number of rotatable bonds is 6. The van der Waals surface area contributed by atoms with Crippen LogP contribution in [0.25, 0.3) is 0 Å². The summed E-state index contributed by atoms with van der Waals surface area (Å²) in [5.74, 6) is 0.241. The summed E-state index contributed by atoms with van der Waals surface area (Å²) in [7, 11) is 1.95. The molecular formula is C19H25N5O. The van der Waals surface area contributed by atoms with Gasteiger partial charge in [0.25, 0.3) is 0 Å². The number of pyridine rings is 1. The lowest BCUT2D eigenvalue weighted by atomic mass is 9.95. The Balaban J connectivity index is 1.50. The highest BCUT2D eigenvalue weighted by molar-refractivity contribution is 5.78. The van der Waals surface area contributed by atoms with Crippen molar-refractivity contribution in [1.29, 1.82) is 0 Å². The molecule has 0 bridgehead atoms. The Morgan fingerprint density at radius 1 is 1.16 bits per heavy atom. The molecule has 0 saturated carbocycles. The molecule has 3 N–H and O–H groups in total. The van der Waals surface area contributed by atoms with E-state index in [-0.39, 0.29) is 24.0 Å². The first-order chi connectivity index (χ1) is 12.1. The Kier molecular flexibility index (Phi) is 5.75. The zero-order valence-corrected chi connectivity index (χ0v) is 14.6. The van der Waals surface area contributed by atoms with Gasteiger partial charge in [-0.15, -0.1) is 0 Å². The van der Waals surface area contributed by atoms with E-state index in [1.165, 1.54) is 5.56 Å². The van der Waals surface area contributed by atoms with Crippen LogP contribution >= 0.6 is 0 Å². The summed E-state index contributed by atoms with van der Waals surface area (Å²) in [4.78, 5) is 18.4. The molecule has 1 aromatic carbocycles. The Morgan fingerprint density at radius 2 is 1.88 bits per heavy atom. The van der Waals surface area contributed by atoms with Gasteiger partial charge in [0.05, 0.1) is 18.8 Å². The van der Waals surface area contributed by atoms with Crippen molar-refractivity contribution in [3.8, 4) is 0 Å². The molecule has 6 heteroatoms. The second-order valence-electron chi connectivity index (χ2n) is 6.61. The van der Waals surface area contributed by atoms with Crippen LogP contribution in [-0.4, -0.2) is 35.5 Å². The Hall–Kier alpha value is -2.28. The predicted molar refractivity (Wildman–Crippen MR) is 97.1 cm³/mol. The van der Waals surface area contributed by atoms with Crippen molar-refractivity contribution in [2.45, 2.75) is 25.7 Å². The number of carbonyl (C=O) groups excluding carboxylic acids is 1. The van der Waals surface area contributed by atoms with Gasteiger partial charge in [-0.2, -0.15) is 0 Å². The topological polar surface area (TPSA) is 69.3 Å². The highest BCUT2D eigenvalue weighted by Gasteiger charge is 2.34. The van der Waals surface area contributed by atoms with Crippen molar-refractivity contribution < 1.29 is 4.79 Å². The molecule has 1 aliphatic heterocycles. The minimum Gasteiger partial charge on any atom is -0.338 e. The monoisotopic (exact) mass is 339 g/mol. The zero-order valence-electron chi connectivity index (χ0n) is 14.6. The van der Waals surface area contributed by atoms with Gasteiger partial charge in [-0.05, 0) is 30.3 Å². The first-order valence-electron chi connectivity index (χ1n) is 8.56. The molecule has 25 heavy (non-hydrogen) atoms. The fourth-order valence-corrected chi connectivity index (χ4v) is 3.18. The molecule has 1 aliphatic rings. The zero-order chi connectivity index (χ0) is 17.6. The van der Waals surface area contributed by atoms with E-state index in [1.807, 2.05) is 42.3 Å². The van der Waals surface area contributed by atoms with Crippen molar-refractivity contribution in [1.82, 2.24) is 26.1 Å². The SMILES string of the molecule is CC1C(NC(=O)CN(C)Cc2ccccc2)NNC1c1ccncc1. The predicted octanol–water partition coefficient (Wildman–Crippen LogP) is 1.44. The van der Waals surface area contributed by atoms with Crippen LogP contribution in [0.5, 0.6) is 0 Å². The van der Waals surface area contributed by atoms with Crippen LogP contribution in [0.1, 0.15) is 24.1 Å². The van der Waals surface area contributed by atoms with Crippen LogP contribution in [0, 0.1) is 5.92 Å². The third-order valence-corrected chi connectivity index (χ3v) is 4.54. The van der Waals surface area contributed by atoms with Crippen LogP contribution in [0.4, 0.5) is 0 Å². The summed E-state index contributed by atoms with van der Waals surface area (Å²) in [5, 5.41) is 3.08. The average molecular weight is 339 g/mol. The molecule has 3 atom stereocenters. The van der Waals surface area contributed by atoms with E-state index in [0.29, 0.717) is 6.54 Å². The molecule has 1 fully saturated rings. The number of hydrogen-bond donors (Lipinski definition) is 3. The summed E-state index contributed by atoms with van der Waals surface area (Å²) in [6.45, 7) is 3.23. The number of likely N-dealkylation sites (N-methyl/N-ethyl adjacent to an activating group) is 1. The van der Waals surface area contributed by atoms with E-state index in [0.717, 1.165) is 12.1 Å². The van der Waals surface area contributed by atoms with Crippen molar-refractivity contribution in [3.05, 3.63) is 66.0 Å². The Bertz CT molecular complexity index is 679. The molecule has 3 rings (SSSR count). The van der Waals surface area contributed by atoms with Gasteiger partial charge in [0.15, 0.2) is 0 Å². The fraction of sp³-hybridized carbons (Fsp3) is 0.368. The van der Waals surface area contributed by atoms with E-state index in [9.17, 15) is 4.79 Å². The average Bonchev–Trinajstić information content (AvgIpc) is 2.97. The summed E-state index contributed by atoms with van der Waals surface area (Å²) < 4.78 is 0. The van der Waals surface area contributed by atoms with Gasteiger partial charge in [-0.3, -0.25) is 14.7 Å². The van der Waals surface area contributed by atoms with Gasteiger partial charge < -0.3 is 5.32 Å². The number of hydrazine groups is 1. The van der Waals surface area contributed by atoms with E-state index in [2.05, 4.69) is 40.2 Å². The largest absolute Gasteiger partial charge is 0.338 e. The van der Waals surface area contributed by atoms with Gasteiger partial charge in [-0.25, -0.2) is 10.9 Å². The molecular weight excluding hydrogens is 314 g/mol. The molecule has 2 aromatic rings. The number of hydrogen-bond acceptors (Lipinski definition) is 5. The van der Waals surface area contributed by atoms with Crippen LogP contribution in [0.3, 0.4) is 0 Å². The smallest absolute Gasteiger partial charge is 0.235 e. The van der Waals surface area contributed by atoms with Crippen LogP contribution in [-0.2, 0) is 11.3 Å². The van der Waals surface area contributed by atoms with Crippen LogP contribution in [0.15, 0.2) is 54.9 Å². The van der Waals surface area contributed by atoms with Crippen LogP contribution < -0.4 is 16.2 Å². The summed E-state index contributed by atoms with van der Waals surface area (Å²) in [6.07, 6.45) is 3.47. The lowest BCUT2D eigenvalue weighted by Gasteiger charge is -2.22. The first-order valence-corrected chi connectivity index (χ1v) is 8.56. The molecule has 6 nitrogen and oxygen atoms in total. The number of nitrogens with one attached hydrogen (secondary N) is 3. The van der Waals surface area contributed by atoms with Crippen molar-refractivity contribution in [2.24, 2.45) is 5.92 Å². The summed E-state index contributed by atoms with van der Waals surface area (Å²) in [6, 6.07) is 14.3. The normalized spacial score (nSPS) is 22.9. The van der Waals surface area contributed by atoms with Crippen molar-refractivity contribution >= 4 is 5.91 Å². The molecule has 1 amide bonds. The van der Waals surface area contributed by atoms with Crippen LogP contribution in [0.2, 0.25) is 0 Å². The maximum Gasteiger partial charge on any atom is 0.235 e. The second kappa shape index (κ2) is 8.20. The standard InChI is InChI=1S/C19H25N5O/c1-14-18(16-8-10-20-11-9-16)22-23-19(14)21-17(25)13-24(2)12-15-6-4-3-5-7-15/h3-11,14,18-19,22-23H,12-13H2,1-2H3,(H,21,25). The highest BCUT2D eigenvalue weighted by Crippen LogP contribution is 2.26. The Morgan fingerprint density at radius 3 is 2.60 bits per heavy atom. The maximum atomic E-state index is 12.4. The maximum absolute atomic E-state index is 12.4. The van der Waals surface area contributed by atoms with Crippen molar-refractivity contribution in [3.63, 3.8) is 0 Å². The molecule has 1 saturated heterocycles. The molecule has 0 aliphatic carbocycles. The van der Waals surface area contributed by atoms with Gasteiger partial charge in [-0.1, -0.05) is 37.3 Å². The van der Waals surface area contributed by atoms with E-state index >= 15 is 0 Å². The summed E-state index contributed by atoms with van der Waals surface area (Å²) >= 11 is 0. The second-order valence-corrected chi connectivity index (χ2v) is 6.61. The first kappa shape index (κ1) is 17.5. The van der Waals surface area contributed by atoms with E-state index < -0.39 is 0 Å². The summed E-state index contributed by atoms with van der Waals surface area (Å²) in [5.41, 5.74) is 8.81. The Labute approximate surface area is 148 Å². The van der Waals surface area contributed by atoms with Gasteiger partial charge >= 0.3 is 0 Å². The molecule has 2 heterocycles. The van der Waals surface area contributed by atoms with Gasteiger partial charge in [0, 0.05) is 24.9 Å². The van der Waals surface area contributed by atoms with Gasteiger partial charge in [0.2, 0.25) is 5.91 Å². The fourth-order valence-electron chi connectivity index (χ4n) is 3.18. The minimum absolute atomic E-state index is 0.0139. The third-order valence-electron chi connectivity index (χ3n) is 4.54. The quantitative estimate of drug-likeness (QED) is 0.743. The third kappa shape index (κ3) is 4.63.